The Morgan fingerprint density at radius 3 is 2.33 bits per heavy atom. The van der Waals surface area contributed by atoms with E-state index in [1.807, 2.05) is 13.0 Å². The Kier molecular flexibility index (Phi) is 4.01. The molecule has 0 N–H and O–H groups in total. The number of hydrogen-bond acceptors (Lipinski definition) is 1. The number of nitriles is 1. The van der Waals surface area contributed by atoms with E-state index in [1.54, 1.807) is 0 Å². The Hall–Kier alpha value is -0.720. The number of alkyl halides is 3. The van der Waals surface area contributed by atoms with E-state index in [1.165, 1.54) is 0 Å². The SMILES string of the molecule is CCC1CCC(CCC#N)C1C(F)(F)F. The molecule has 0 amide bonds. The van der Waals surface area contributed by atoms with Crippen LogP contribution in [0.5, 0.6) is 0 Å². The van der Waals surface area contributed by atoms with E-state index >= 15 is 0 Å². The second-order valence-electron chi connectivity index (χ2n) is 4.27. The zero-order valence-electron chi connectivity index (χ0n) is 8.85. The van der Waals surface area contributed by atoms with E-state index in [2.05, 4.69) is 0 Å². The van der Waals surface area contributed by atoms with Crippen LogP contribution in [-0.4, -0.2) is 6.18 Å². The number of halogens is 3. The summed E-state index contributed by atoms with van der Waals surface area (Å²) in [4.78, 5) is 0. The fourth-order valence-corrected chi connectivity index (χ4v) is 2.74. The quantitative estimate of drug-likeness (QED) is 0.706. The second kappa shape index (κ2) is 4.87. The van der Waals surface area contributed by atoms with Crippen molar-refractivity contribution >= 4 is 0 Å². The molecule has 0 aromatic heterocycles. The van der Waals surface area contributed by atoms with E-state index in [0.717, 1.165) is 0 Å². The summed E-state index contributed by atoms with van der Waals surface area (Å²) in [5, 5.41) is 8.41. The molecular formula is C11H16F3N. The molecule has 0 heterocycles. The third-order valence-electron chi connectivity index (χ3n) is 3.45. The third-order valence-corrected chi connectivity index (χ3v) is 3.45. The van der Waals surface area contributed by atoms with E-state index in [-0.39, 0.29) is 18.3 Å². The van der Waals surface area contributed by atoms with E-state index in [0.29, 0.717) is 25.7 Å². The standard InChI is InChI=1S/C11H16F3N/c1-2-8-5-6-9(4-3-7-15)10(8)11(12,13)14/h8-10H,2-6H2,1H3. The van der Waals surface area contributed by atoms with Crippen molar-refractivity contribution in [2.75, 3.05) is 0 Å². The number of hydrogen-bond donors (Lipinski definition) is 0. The highest BCUT2D eigenvalue weighted by Crippen LogP contribution is 2.49. The lowest BCUT2D eigenvalue weighted by molar-refractivity contribution is -0.195. The summed E-state index contributed by atoms with van der Waals surface area (Å²) in [6, 6.07) is 1.93. The first kappa shape index (κ1) is 12.4. The maximum absolute atomic E-state index is 12.8. The van der Waals surface area contributed by atoms with Gasteiger partial charge < -0.3 is 0 Å². The predicted molar refractivity (Wildman–Crippen MR) is 50.9 cm³/mol. The van der Waals surface area contributed by atoms with E-state index in [4.69, 9.17) is 5.26 Å². The molecule has 3 unspecified atom stereocenters. The molecule has 0 spiro atoms. The molecule has 0 saturated heterocycles. The zero-order chi connectivity index (χ0) is 11.5. The van der Waals surface area contributed by atoms with Gasteiger partial charge in [-0.1, -0.05) is 13.3 Å². The van der Waals surface area contributed by atoms with Crippen molar-refractivity contribution in [3.8, 4) is 6.07 Å². The first-order valence-corrected chi connectivity index (χ1v) is 5.44. The van der Waals surface area contributed by atoms with Crippen molar-refractivity contribution in [3.05, 3.63) is 0 Å². The summed E-state index contributed by atoms with van der Waals surface area (Å²) in [6.45, 7) is 1.82. The molecule has 1 fully saturated rings. The second-order valence-corrected chi connectivity index (χ2v) is 4.27. The molecule has 0 radical (unpaired) electrons. The first-order chi connectivity index (χ1) is 7.00. The average molecular weight is 219 g/mol. The first-order valence-electron chi connectivity index (χ1n) is 5.44. The minimum absolute atomic E-state index is 0.228. The summed E-state index contributed by atoms with van der Waals surface area (Å²) < 4.78 is 38.4. The molecule has 3 atom stereocenters. The highest BCUT2D eigenvalue weighted by Gasteiger charge is 2.51. The highest BCUT2D eigenvalue weighted by atomic mass is 19.4. The Morgan fingerprint density at radius 2 is 1.87 bits per heavy atom. The van der Waals surface area contributed by atoms with Gasteiger partial charge in [0.05, 0.1) is 12.0 Å². The van der Waals surface area contributed by atoms with Gasteiger partial charge in [0.1, 0.15) is 0 Å². The van der Waals surface area contributed by atoms with Crippen LogP contribution in [0.3, 0.4) is 0 Å². The van der Waals surface area contributed by atoms with E-state index in [9.17, 15) is 13.2 Å². The Labute approximate surface area is 88.3 Å². The predicted octanol–water partition coefficient (Wildman–Crippen LogP) is 3.90. The van der Waals surface area contributed by atoms with Gasteiger partial charge in [-0.3, -0.25) is 0 Å². The normalized spacial score (nSPS) is 31.5. The number of nitrogens with zero attached hydrogens (tertiary/aromatic N) is 1. The molecule has 15 heavy (non-hydrogen) atoms. The van der Waals surface area contributed by atoms with Gasteiger partial charge in [-0.25, -0.2) is 0 Å². The van der Waals surface area contributed by atoms with Gasteiger partial charge in [-0.15, -0.1) is 0 Å². The molecule has 0 aromatic carbocycles. The minimum Gasteiger partial charge on any atom is -0.198 e. The largest absolute Gasteiger partial charge is 0.392 e. The molecule has 1 nitrogen and oxygen atoms in total. The van der Waals surface area contributed by atoms with Crippen LogP contribution < -0.4 is 0 Å². The molecule has 1 rings (SSSR count). The Balaban J connectivity index is 2.69. The van der Waals surface area contributed by atoms with Crippen LogP contribution in [0.2, 0.25) is 0 Å². The van der Waals surface area contributed by atoms with Crippen LogP contribution >= 0.6 is 0 Å². The Morgan fingerprint density at radius 1 is 1.27 bits per heavy atom. The summed E-state index contributed by atoms with van der Waals surface area (Å²) in [5.41, 5.74) is 0. The maximum Gasteiger partial charge on any atom is 0.392 e. The zero-order valence-corrected chi connectivity index (χ0v) is 8.85. The topological polar surface area (TPSA) is 23.8 Å². The molecule has 0 bridgehead atoms. The highest BCUT2D eigenvalue weighted by molar-refractivity contribution is 4.90. The monoisotopic (exact) mass is 219 g/mol. The van der Waals surface area contributed by atoms with Crippen molar-refractivity contribution in [2.24, 2.45) is 17.8 Å². The lowest BCUT2D eigenvalue weighted by atomic mass is 9.85. The van der Waals surface area contributed by atoms with Crippen molar-refractivity contribution in [2.45, 2.75) is 45.2 Å². The van der Waals surface area contributed by atoms with Crippen LogP contribution in [0.1, 0.15) is 39.0 Å². The average Bonchev–Trinajstić information content (AvgIpc) is 2.56. The van der Waals surface area contributed by atoms with Crippen molar-refractivity contribution < 1.29 is 13.2 Å². The van der Waals surface area contributed by atoms with Crippen molar-refractivity contribution in [3.63, 3.8) is 0 Å². The lowest BCUT2D eigenvalue weighted by Crippen LogP contribution is -2.31. The van der Waals surface area contributed by atoms with E-state index < -0.39 is 12.1 Å². The molecule has 1 aliphatic rings. The van der Waals surface area contributed by atoms with Crippen LogP contribution in [0.15, 0.2) is 0 Å². The molecule has 1 saturated carbocycles. The van der Waals surface area contributed by atoms with Gasteiger partial charge in [0, 0.05) is 6.42 Å². The summed E-state index contributed by atoms with van der Waals surface area (Å²) in [5.74, 6) is -1.72. The van der Waals surface area contributed by atoms with Gasteiger partial charge in [0.15, 0.2) is 0 Å². The summed E-state index contributed by atoms with van der Waals surface area (Å²) in [6.07, 6.45) is -1.56. The smallest absolute Gasteiger partial charge is 0.198 e. The minimum atomic E-state index is -4.09. The van der Waals surface area contributed by atoms with Gasteiger partial charge in [-0.2, -0.15) is 18.4 Å². The molecular weight excluding hydrogens is 203 g/mol. The summed E-state index contributed by atoms with van der Waals surface area (Å²) in [7, 11) is 0. The van der Waals surface area contributed by atoms with Gasteiger partial charge >= 0.3 is 6.18 Å². The molecule has 4 heteroatoms. The number of rotatable bonds is 3. The molecule has 0 aliphatic heterocycles. The fraction of sp³-hybridized carbons (Fsp3) is 0.909. The van der Waals surface area contributed by atoms with Gasteiger partial charge in [0.25, 0.3) is 0 Å². The Bertz CT molecular complexity index is 241. The lowest BCUT2D eigenvalue weighted by Gasteiger charge is -2.26. The van der Waals surface area contributed by atoms with Gasteiger partial charge in [0.2, 0.25) is 0 Å². The summed E-state index contributed by atoms with van der Waals surface area (Å²) >= 11 is 0. The van der Waals surface area contributed by atoms with Crippen molar-refractivity contribution in [1.82, 2.24) is 0 Å². The maximum atomic E-state index is 12.8. The fourth-order valence-electron chi connectivity index (χ4n) is 2.74. The van der Waals surface area contributed by atoms with Crippen LogP contribution in [0.25, 0.3) is 0 Å². The third kappa shape index (κ3) is 2.87. The molecule has 1 aliphatic carbocycles. The molecule has 86 valence electrons. The van der Waals surface area contributed by atoms with Gasteiger partial charge in [-0.05, 0) is 31.1 Å². The van der Waals surface area contributed by atoms with Crippen LogP contribution in [-0.2, 0) is 0 Å². The van der Waals surface area contributed by atoms with Crippen LogP contribution in [0.4, 0.5) is 13.2 Å². The van der Waals surface area contributed by atoms with Crippen LogP contribution in [0, 0.1) is 29.1 Å². The van der Waals surface area contributed by atoms with Crippen molar-refractivity contribution in [1.29, 1.82) is 5.26 Å². The molecule has 0 aromatic rings.